The summed E-state index contributed by atoms with van der Waals surface area (Å²) in [7, 11) is 2.05. The van der Waals surface area contributed by atoms with E-state index in [4.69, 9.17) is 4.98 Å². The van der Waals surface area contributed by atoms with Gasteiger partial charge >= 0.3 is 0 Å². The minimum Gasteiger partial charge on any atom is -0.295 e. The molecule has 0 spiro atoms. The predicted molar refractivity (Wildman–Crippen MR) is 102 cm³/mol. The molecule has 1 aliphatic rings. The SMILES string of the molecule is Cc1cc(-c2cc3nc4n(c3c(C)c2C)-c2ccccc2C4)[n+](C)cn1. The predicted octanol–water partition coefficient (Wildman–Crippen LogP) is 3.74. The molecule has 0 atom stereocenters. The molecule has 0 fully saturated rings. The fourth-order valence-corrected chi connectivity index (χ4v) is 4.11. The van der Waals surface area contributed by atoms with Crippen molar-refractivity contribution in [3.63, 3.8) is 0 Å². The maximum absolute atomic E-state index is 4.99. The van der Waals surface area contributed by atoms with Gasteiger partial charge in [-0.25, -0.2) is 9.55 Å². The molecule has 0 saturated carbocycles. The Kier molecular flexibility index (Phi) is 3.08. The summed E-state index contributed by atoms with van der Waals surface area (Å²) in [5.74, 6) is 1.14. The summed E-state index contributed by atoms with van der Waals surface area (Å²) in [4.78, 5) is 9.37. The van der Waals surface area contributed by atoms with Crippen molar-refractivity contribution in [2.75, 3.05) is 0 Å². The molecule has 0 unspecified atom stereocenters. The molecule has 128 valence electrons. The van der Waals surface area contributed by atoms with E-state index in [-0.39, 0.29) is 0 Å². The number of hydrogen-bond acceptors (Lipinski definition) is 2. The summed E-state index contributed by atoms with van der Waals surface area (Å²) in [5.41, 5.74) is 11.0. The molecule has 2 aromatic carbocycles. The van der Waals surface area contributed by atoms with Crippen LogP contribution < -0.4 is 4.57 Å². The highest BCUT2D eigenvalue weighted by Crippen LogP contribution is 2.37. The Labute approximate surface area is 152 Å². The Hall–Kier alpha value is -3.01. The Bertz CT molecular complexity index is 1200. The fourth-order valence-electron chi connectivity index (χ4n) is 4.11. The first-order chi connectivity index (χ1) is 12.5. The Morgan fingerprint density at radius 3 is 2.69 bits per heavy atom. The van der Waals surface area contributed by atoms with Gasteiger partial charge in [-0.15, -0.1) is 0 Å². The minimum atomic E-state index is 0.904. The Morgan fingerprint density at radius 1 is 1.04 bits per heavy atom. The van der Waals surface area contributed by atoms with E-state index in [1.165, 1.54) is 39.2 Å². The molecule has 4 heteroatoms. The van der Waals surface area contributed by atoms with Crippen LogP contribution in [0.5, 0.6) is 0 Å². The van der Waals surface area contributed by atoms with Crippen molar-refractivity contribution in [1.82, 2.24) is 14.5 Å². The molecule has 0 radical (unpaired) electrons. The lowest BCUT2D eigenvalue weighted by Crippen LogP contribution is -2.31. The lowest BCUT2D eigenvalue weighted by molar-refractivity contribution is -0.663. The van der Waals surface area contributed by atoms with Gasteiger partial charge in [0.15, 0.2) is 5.69 Å². The largest absolute Gasteiger partial charge is 0.295 e. The van der Waals surface area contributed by atoms with Gasteiger partial charge in [0.2, 0.25) is 0 Å². The van der Waals surface area contributed by atoms with Crippen molar-refractivity contribution in [3.05, 3.63) is 70.9 Å². The van der Waals surface area contributed by atoms with Crippen LogP contribution in [0.2, 0.25) is 0 Å². The third-order valence-corrected chi connectivity index (χ3v) is 5.59. The Morgan fingerprint density at radius 2 is 1.85 bits per heavy atom. The average Bonchev–Trinajstić information content (AvgIpc) is 3.15. The van der Waals surface area contributed by atoms with Gasteiger partial charge in [-0.2, -0.15) is 0 Å². The van der Waals surface area contributed by atoms with E-state index in [0.717, 1.165) is 23.5 Å². The number of fused-ring (bicyclic) bond motifs is 5. The Balaban J connectivity index is 1.82. The number of hydrogen-bond donors (Lipinski definition) is 0. The van der Waals surface area contributed by atoms with Crippen LogP contribution in [-0.4, -0.2) is 14.5 Å². The summed E-state index contributed by atoms with van der Waals surface area (Å²) >= 11 is 0. The molecule has 4 nitrogen and oxygen atoms in total. The molecule has 5 rings (SSSR count). The zero-order chi connectivity index (χ0) is 18.0. The van der Waals surface area contributed by atoms with E-state index in [1.54, 1.807) is 0 Å². The third kappa shape index (κ3) is 1.99. The van der Waals surface area contributed by atoms with Crippen LogP contribution in [0.25, 0.3) is 28.0 Å². The van der Waals surface area contributed by atoms with E-state index in [0.29, 0.717) is 0 Å². The maximum atomic E-state index is 4.99. The van der Waals surface area contributed by atoms with E-state index in [1.807, 2.05) is 20.3 Å². The van der Waals surface area contributed by atoms with Crippen molar-refractivity contribution in [2.45, 2.75) is 27.2 Å². The lowest BCUT2D eigenvalue weighted by Gasteiger charge is -2.12. The van der Waals surface area contributed by atoms with Gasteiger partial charge in [0, 0.05) is 25.0 Å². The van der Waals surface area contributed by atoms with Crippen LogP contribution >= 0.6 is 0 Å². The summed E-state index contributed by atoms with van der Waals surface area (Å²) < 4.78 is 4.42. The van der Waals surface area contributed by atoms with Gasteiger partial charge in [0.05, 0.1) is 23.8 Å². The lowest BCUT2D eigenvalue weighted by atomic mass is 9.98. The molecule has 26 heavy (non-hydrogen) atoms. The molecule has 2 aromatic heterocycles. The fraction of sp³-hybridized carbons (Fsp3) is 0.227. The van der Waals surface area contributed by atoms with Gasteiger partial charge in [-0.3, -0.25) is 4.57 Å². The van der Waals surface area contributed by atoms with E-state index in [9.17, 15) is 0 Å². The van der Waals surface area contributed by atoms with Crippen LogP contribution in [0.4, 0.5) is 0 Å². The first kappa shape index (κ1) is 15.3. The van der Waals surface area contributed by atoms with Gasteiger partial charge in [-0.1, -0.05) is 23.2 Å². The number of aryl methyl sites for hydroxylation is 3. The summed E-state index contributed by atoms with van der Waals surface area (Å²) in [5, 5.41) is 0. The van der Waals surface area contributed by atoms with Gasteiger partial charge in [0.25, 0.3) is 6.33 Å². The van der Waals surface area contributed by atoms with Crippen LogP contribution in [0, 0.1) is 20.8 Å². The highest BCUT2D eigenvalue weighted by Gasteiger charge is 2.25. The van der Waals surface area contributed by atoms with Crippen molar-refractivity contribution in [1.29, 1.82) is 0 Å². The van der Waals surface area contributed by atoms with Crippen molar-refractivity contribution < 1.29 is 4.57 Å². The zero-order valence-electron chi connectivity index (χ0n) is 15.5. The maximum Gasteiger partial charge on any atom is 0.286 e. The molecular formula is C22H21N4+. The standard InChI is InChI=1S/C22H21N4/c1-13-9-20(25(4)12-23-13)17-11-18-22(15(3)14(17)2)26-19-8-6-5-7-16(19)10-21(26)24-18/h5-9,11-12H,10H2,1-4H3/q+1. The summed E-state index contributed by atoms with van der Waals surface area (Å²) in [6, 6.07) is 13.0. The molecule has 3 heterocycles. The second-order valence-electron chi connectivity index (χ2n) is 7.24. The number of rotatable bonds is 1. The molecule has 0 saturated heterocycles. The van der Waals surface area contributed by atoms with Crippen molar-refractivity contribution >= 4 is 11.0 Å². The van der Waals surface area contributed by atoms with Crippen molar-refractivity contribution in [2.24, 2.45) is 7.05 Å². The topological polar surface area (TPSA) is 34.6 Å². The molecule has 0 N–H and O–H groups in total. The number of benzene rings is 2. The molecule has 4 aromatic rings. The monoisotopic (exact) mass is 341 g/mol. The van der Waals surface area contributed by atoms with Crippen LogP contribution in [-0.2, 0) is 13.5 Å². The first-order valence-corrected chi connectivity index (χ1v) is 8.97. The van der Waals surface area contributed by atoms with E-state index < -0.39 is 0 Å². The second-order valence-corrected chi connectivity index (χ2v) is 7.24. The van der Waals surface area contributed by atoms with Crippen LogP contribution in [0.15, 0.2) is 42.7 Å². The summed E-state index contributed by atoms with van der Waals surface area (Å²) in [6.07, 6.45) is 2.79. The second kappa shape index (κ2) is 5.24. The molecule has 1 aliphatic heterocycles. The first-order valence-electron chi connectivity index (χ1n) is 8.97. The van der Waals surface area contributed by atoms with Gasteiger partial charge < -0.3 is 0 Å². The van der Waals surface area contributed by atoms with Crippen molar-refractivity contribution in [3.8, 4) is 16.9 Å². The normalized spacial score (nSPS) is 12.5. The molecule has 0 amide bonds. The van der Waals surface area contributed by atoms with E-state index >= 15 is 0 Å². The van der Waals surface area contributed by atoms with E-state index in [2.05, 4.69) is 64.4 Å². The number of nitrogens with zero attached hydrogens (tertiary/aromatic N) is 4. The highest BCUT2D eigenvalue weighted by molar-refractivity contribution is 5.89. The van der Waals surface area contributed by atoms with Crippen LogP contribution in [0.1, 0.15) is 28.2 Å². The minimum absolute atomic E-state index is 0.904. The summed E-state index contributed by atoms with van der Waals surface area (Å²) in [6.45, 7) is 6.46. The molecule has 0 aliphatic carbocycles. The third-order valence-electron chi connectivity index (χ3n) is 5.59. The number of imidazole rings is 1. The molecule has 0 bridgehead atoms. The quantitative estimate of drug-likeness (QED) is 0.435. The highest BCUT2D eigenvalue weighted by atomic mass is 15.1. The molecular weight excluding hydrogens is 320 g/mol. The van der Waals surface area contributed by atoms with Crippen LogP contribution in [0.3, 0.4) is 0 Å². The smallest absolute Gasteiger partial charge is 0.286 e. The average molecular weight is 341 g/mol. The van der Waals surface area contributed by atoms with Gasteiger partial charge in [-0.05, 0) is 42.7 Å². The number of aromatic nitrogens is 4. The van der Waals surface area contributed by atoms with Gasteiger partial charge in [0.1, 0.15) is 11.5 Å². The zero-order valence-corrected chi connectivity index (χ0v) is 15.5. The number of para-hydroxylation sites is 1.